The van der Waals surface area contributed by atoms with Crippen molar-refractivity contribution in [1.29, 1.82) is 0 Å². The molecule has 0 unspecified atom stereocenters. The maximum absolute atomic E-state index is 15.6. The fourth-order valence-electron chi connectivity index (χ4n) is 12.4. The molecule has 0 spiro atoms. The number of fused-ring (bicyclic) bond motifs is 2. The number of rotatable bonds is 18. The number of amides is 4. The molecule has 360 valence electrons. The molecule has 11 rings (SSSR count). The number of hydrogen-bond acceptors (Lipinski definition) is 4. The van der Waals surface area contributed by atoms with Crippen LogP contribution < -0.4 is 0 Å². The number of aryl methyl sites for hydroxylation is 8. The standard InChI is InChI=1S/C66H62N2O4/c1-5-49(6-2)67-63(69)55-45(33-29-41-21-13-9-14-22-41)37-51-53-39-47(35-31-43-25-17-11-18-26-43)57-62-58(66(72)68(65(57)71)50(7-3)8-4)48(36-32-44-27-19-12-20-28-44)40-54(60(53)62)52-38-46(34-30-42-23-15-10-16-24-42)56(64(67)70)61(55)59(51)52/h9-28,37-40,49-50H,5-8,29-36H2,1-4H3. The van der Waals surface area contributed by atoms with Gasteiger partial charge >= 0.3 is 0 Å². The highest BCUT2D eigenvalue weighted by atomic mass is 16.2. The van der Waals surface area contributed by atoms with E-state index in [0.717, 1.165) is 65.3 Å². The van der Waals surface area contributed by atoms with Gasteiger partial charge in [-0.3, -0.25) is 29.0 Å². The molecule has 9 aromatic rings. The Morgan fingerprint density at radius 1 is 0.306 bits per heavy atom. The summed E-state index contributed by atoms with van der Waals surface area (Å²) in [6.07, 6.45) is 7.80. The topological polar surface area (TPSA) is 74.8 Å². The van der Waals surface area contributed by atoms with Crippen LogP contribution in [0.5, 0.6) is 0 Å². The molecule has 0 atom stereocenters. The summed E-state index contributed by atoms with van der Waals surface area (Å²) in [4.78, 5) is 65.5. The highest BCUT2D eigenvalue weighted by molar-refractivity contribution is 6.42. The Balaban J connectivity index is 1.29. The van der Waals surface area contributed by atoms with Crippen LogP contribution in [0, 0.1) is 0 Å². The van der Waals surface area contributed by atoms with Crippen LogP contribution in [-0.2, 0) is 51.4 Å². The smallest absolute Gasteiger partial charge is 0.261 e. The third-order valence-electron chi connectivity index (χ3n) is 16.2. The minimum Gasteiger partial charge on any atom is -0.271 e. The van der Waals surface area contributed by atoms with Gasteiger partial charge in [0, 0.05) is 22.9 Å². The van der Waals surface area contributed by atoms with Gasteiger partial charge in [-0.1, -0.05) is 149 Å². The Labute approximate surface area is 423 Å². The number of imide groups is 2. The van der Waals surface area contributed by atoms with E-state index >= 15 is 19.2 Å². The van der Waals surface area contributed by atoms with Crippen molar-refractivity contribution in [3.05, 3.63) is 212 Å². The summed E-state index contributed by atoms with van der Waals surface area (Å²) < 4.78 is 0. The predicted octanol–water partition coefficient (Wildman–Crippen LogP) is 14.4. The van der Waals surface area contributed by atoms with E-state index in [-0.39, 0.29) is 35.7 Å². The van der Waals surface area contributed by atoms with E-state index in [1.165, 1.54) is 22.3 Å². The van der Waals surface area contributed by atoms with Crippen molar-refractivity contribution in [1.82, 2.24) is 9.80 Å². The minimum absolute atomic E-state index is 0.220. The molecule has 6 nitrogen and oxygen atoms in total. The zero-order chi connectivity index (χ0) is 49.6. The second-order valence-electron chi connectivity index (χ2n) is 20.2. The zero-order valence-electron chi connectivity index (χ0n) is 42.0. The average Bonchev–Trinajstić information content (AvgIpc) is 3.42. The summed E-state index contributed by atoms with van der Waals surface area (Å²) in [5.41, 5.74) is 10.8. The zero-order valence-corrected chi connectivity index (χ0v) is 42.0. The van der Waals surface area contributed by atoms with Gasteiger partial charge in [-0.2, -0.15) is 0 Å². The van der Waals surface area contributed by atoms with Gasteiger partial charge in [0.25, 0.3) is 23.6 Å². The first-order valence-corrected chi connectivity index (χ1v) is 26.5. The monoisotopic (exact) mass is 946 g/mol. The molecule has 2 aliphatic heterocycles. The van der Waals surface area contributed by atoms with Crippen LogP contribution in [0.2, 0.25) is 0 Å². The largest absolute Gasteiger partial charge is 0.271 e. The molecule has 0 aromatic heterocycles. The van der Waals surface area contributed by atoms with Gasteiger partial charge in [-0.05, 0) is 178 Å². The van der Waals surface area contributed by atoms with E-state index in [9.17, 15) is 0 Å². The molecule has 0 N–H and O–H groups in total. The first kappa shape index (κ1) is 46.9. The van der Waals surface area contributed by atoms with Gasteiger partial charge in [0.1, 0.15) is 0 Å². The van der Waals surface area contributed by atoms with Crippen LogP contribution in [-0.4, -0.2) is 45.5 Å². The fourth-order valence-corrected chi connectivity index (χ4v) is 12.4. The molecular formula is C66H62N2O4. The lowest BCUT2D eigenvalue weighted by Crippen LogP contribution is -2.47. The molecule has 9 aromatic carbocycles. The second kappa shape index (κ2) is 19.6. The Kier molecular flexibility index (Phi) is 12.8. The van der Waals surface area contributed by atoms with Gasteiger partial charge in [0.2, 0.25) is 0 Å². The molecule has 2 heterocycles. The van der Waals surface area contributed by atoms with Crippen molar-refractivity contribution in [2.45, 2.75) is 117 Å². The van der Waals surface area contributed by atoms with Crippen LogP contribution >= 0.6 is 0 Å². The molecule has 72 heavy (non-hydrogen) atoms. The van der Waals surface area contributed by atoms with Crippen LogP contribution in [0.3, 0.4) is 0 Å². The van der Waals surface area contributed by atoms with Gasteiger partial charge < -0.3 is 0 Å². The molecule has 0 bridgehead atoms. The third-order valence-corrected chi connectivity index (χ3v) is 16.2. The molecule has 0 fully saturated rings. The number of carbonyl (C=O) groups excluding carboxylic acids is 4. The number of nitrogens with zero attached hydrogens (tertiary/aromatic N) is 2. The van der Waals surface area contributed by atoms with Crippen LogP contribution in [0.4, 0.5) is 0 Å². The van der Waals surface area contributed by atoms with E-state index in [1.54, 1.807) is 9.80 Å². The molecule has 4 amide bonds. The van der Waals surface area contributed by atoms with Crippen LogP contribution in [0.1, 0.15) is 139 Å². The summed E-state index contributed by atoms with van der Waals surface area (Å²) in [6.45, 7) is 8.26. The maximum atomic E-state index is 15.6. The summed E-state index contributed by atoms with van der Waals surface area (Å²) in [5.74, 6) is -0.879. The van der Waals surface area contributed by atoms with Crippen LogP contribution in [0.15, 0.2) is 146 Å². The van der Waals surface area contributed by atoms with E-state index < -0.39 is 0 Å². The highest BCUT2D eigenvalue weighted by Gasteiger charge is 2.43. The van der Waals surface area contributed by atoms with Crippen LogP contribution in [0.25, 0.3) is 43.1 Å². The van der Waals surface area contributed by atoms with E-state index in [4.69, 9.17) is 0 Å². The number of hydrogen-bond donors (Lipinski definition) is 0. The first-order chi connectivity index (χ1) is 35.2. The predicted molar refractivity (Wildman–Crippen MR) is 293 cm³/mol. The van der Waals surface area contributed by atoms with Gasteiger partial charge in [0.05, 0.1) is 22.3 Å². The van der Waals surface area contributed by atoms with Crippen molar-refractivity contribution < 1.29 is 19.2 Å². The normalized spacial score (nSPS) is 13.7. The molecule has 2 aliphatic rings. The minimum atomic E-state index is -0.254. The van der Waals surface area contributed by atoms with Crippen molar-refractivity contribution in [3.63, 3.8) is 0 Å². The summed E-state index contributed by atoms with van der Waals surface area (Å²) in [6, 6.07) is 50.1. The lowest BCUT2D eigenvalue weighted by Gasteiger charge is -2.37. The Hall–Kier alpha value is -7.44. The van der Waals surface area contributed by atoms with Crippen molar-refractivity contribution >= 4 is 66.7 Å². The molecule has 0 aliphatic carbocycles. The first-order valence-electron chi connectivity index (χ1n) is 26.5. The number of benzene rings is 9. The molecule has 0 radical (unpaired) electrons. The Morgan fingerprint density at radius 3 is 0.736 bits per heavy atom. The molecular weight excluding hydrogens is 885 g/mol. The maximum Gasteiger partial charge on any atom is 0.261 e. The Morgan fingerprint density at radius 2 is 0.528 bits per heavy atom. The molecule has 0 saturated heterocycles. The summed E-state index contributed by atoms with van der Waals surface area (Å²) >= 11 is 0. The number of carbonyl (C=O) groups is 4. The Bertz CT molecular complexity index is 3090. The quantitative estimate of drug-likeness (QED) is 0.0488. The van der Waals surface area contributed by atoms with Gasteiger partial charge in [-0.15, -0.1) is 0 Å². The van der Waals surface area contributed by atoms with E-state index in [2.05, 4.69) is 149 Å². The summed E-state index contributed by atoms with van der Waals surface area (Å²) in [7, 11) is 0. The molecule has 6 heteroatoms. The lowest BCUT2D eigenvalue weighted by molar-refractivity contribution is 0.0513. The van der Waals surface area contributed by atoms with Crippen molar-refractivity contribution in [3.8, 4) is 0 Å². The summed E-state index contributed by atoms with van der Waals surface area (Å²) in [5, 5.41) is 7.10. The second-order valence-corrected chi connectivity index (χ2v) is 20.2. The third kappa shape index (κ3) is 7.96. The van der Waals surface area contributed by atoms with Gasteiger partial charge in [-0.25, -0.2) is 0 Å². The fraction of sp³-hybridized carbons (Fsp3) is 0.273. The highest BCUT2D eigenvalue weighted by Crippen LogP contribution is 2.51. The lowest BCUT2D eigenvalue weighted by atomic mass is 9.76. The average molecular weight is 947 g/mol. The molecule has 0 saturated carbocycles. The SMILES string of the molecule is CCC(CC)N1C(=O)c2c(CCc3ccccc3)cc3c4cc(CCc5ccccc5)c5c6c(c(CCc7ccccc7)cc(c7cc(CCc8ccccc8)c(c2c37)C1=O)c64)C(=O)N(C(CC)CC)C5=O. The van der Waals surface area contributed by atoms with Crippen molar-refractivity contribution in [2.75, 3.05) is 0 Å². The van der Waals surface area contributed by atoms with Gasteiger partial charge in [0.15, 0.2) is 0 Å². The van der Waals surface area contributed by atoms with E-state index in [1.807, 2.05) is 24.3 Å². The van der Waals surface area contributed by atoms with E-state index in [0.29, 0.717) is 99.3 Å². The van der Waals surface area contributed by atoms with Crippen molar-refractivity contribution in [2.24, 2.45) is 0 Å².